The van der Waals surface area contributed by atoms with Crippen LogP contribution >= 0.6 is 0 Å². The van der Waals surface area contributed by atoms with E-state index < -0.39 is 0 Å². The molecule has 3 rings (SSSR count). The predicted molar refractivity (Wildman–Crippen MR) is 63.6 cm³/mol. The highest BCUT2D eigenvalue weighted by atomic mass is 15.4. The highest BCUT2D eigenvalue weighted by Crippen LogP contribution is 2.23. The Hall–Kier alpha value is -1.58. The van der Waals surface area contributed by atoms with Gasteiger partial charge < -0.3 is 4.90 Å². The van der Waals surface area contributed by atoms with Gasteiger partial charge in [0.1, 0.15) is 0 Å². The molecule has 1 fully saturated rings. The highest BCUT2D eigenvalue weighted by Gasteiger charge is 2.22. The number of hydrogen-bond acceptors (Lipinski definition) is 3. The number of hydrogen-bond donors (Lipinski definition) is 0. The number of anilines is 1. The normalized spacial score (nSPS) is 21.6. The van der Waals surface area contributed by atoms with Crippen molar-refractivity contribution < 1.29 is 0 Å². The third-order valence-electron chi connectivity index (χ3n) is 3.36. The third-order valence-corrected chi connectivity index (χ3v) is 3.36. The summed E-state index contributed by atoms with van der Waals surface area (Å²) in [4.78, 5) is 2.36. The zero-order valence-corrected chi connectivity index (χ0v) is 9.50. The summed E-state index contributed by atoms with van der Waals surface area (Å²) >= 11 is 0. The molecule has 1 aliphatic heterocycles. The van der Waals surface area contributed by atoms with Crippen molar-refractivity contribution in [3.8, 4) is 0 Å². The fraction of sp³-hybridized carbons (Fsp3) is 0.500. The Bertz CT molecular complexity index is 490. The lowest BCUT2D eigenvalue weighted by Crippen LogP contribution is -2.38. The summed E-state index contributed by atoms with van der Waals surface area (Å²) in [6, 6.07) is 6.58. The van der Waals surface area contributed by atoms with Gasteiger partial charge in [-0.05, 0) is 38.3 Å². The highest BCUT2D eigenvalue weighted by molar-refractivity contribution is 5.46. The number of fused-ring (bicyclic) bond motifs is 1. The molecule has 2 aromatic rings. The van der Waals surface area contributed by atoms with Gasteiger partial charge in [0.05, 0.1) is 0 Å². The van der Waals surface area contributed by atoms with E-state index in [0.717, 1.165) is 18.1 Å². The van der Waals surface area contributed by atoms with Crippen molar-refractivity contribution in [2.45, 2.75) is 32.2 Å². The lowest BCUT2D eigenvalue weighted by molar-refractivity contribution is 0.476. The van der Waals surface area contributed by atoms with E-state index in [9.17, 15) is 0 Å². The molecule has 1 saturated heterocycles. The molecule has 0 saturated carbocycles. The zero-order chi connectivity index (χ0) is 11.0. The quantitative estimate of drug-likeness (QED) is 0.732. The van der Waals surface area contributed by atoms with E-state index in [0.29, 0.717) is 6.04 Å². The van der Waals surface area contributed by atoms with Crippen LogP contribution in [0.15, 0.2) is 24.4 Å². The molecule has 0 spiro atoms. The van der Waals surface area contributed by atoms with E-state index in [4.69, 9.17) is 0 Å². The fourth-order valence-corrected chi connectivity index (χ4v) is 2.42. The average Bonchev–Trinajstić information content (AvgIpc) is 2.74. The van der Waals surface area contributed by atoms with Crippen LogP contribution in [0.5, 0.6) is 0 Å². The van der Waals surface area contributed by atoms with E-state index in [2.05, 4.69) is 26.4 Å². The number of piperidine rings is 1. The van der Waals surface area contributed by atoms with Crippen LogP contribution in [-0.4, -0.2) is 27.2 Å². The summed E-state index contributed by atoms with van der Waals surface area (Å²) in [6.07, 6.45) is 5.87. The molecule has 0 amide bonds. The Labute approximate surface area is 94.9 Å². The summed E-state index contributed by atoms with van der Waals surface area (Å²) in [6.45, 7) is 3.36. The molecule has 2 aromatic heterocycles. The molecule has 0 aliphatic carbocycles. The second-order valence-electron chi connectivity index (χ2n) is 4.47. The molecule has 0 aromatic carbocycles. The molecule has 1 aliphatic rings. The van der Waals surface area contributed by atoms with Crippen molar-refractivity contribution in [1.82, 2.24) is 14.6 Å². The Morgan fingerprint density at radius 2 is 2.19 bits per heavy atom. The minimum atomic E-state index is 0.571. The largest absolute Gasteiger partial charge is 0.338 e. The van der Waals surface area contributed by atoms with Gasteiger partial charge in [-0.15, -0.1) is 10.2 Å². The molecule has 0 N–H and O–H groups in total. The molecule has 1 atom stereocenters. The molecule has 4 nitrogen and oxygen atoms in total. The third kappa shape index (κ3) is 1.45. The first kappa shape index (κ1) is 9.63. The Balaban J connectivity index is 2.04. The van der Waals surface area contributed by atoms with Gasteiger partial charge in [-0.25, -0.2) is 0 Å². The molecule has 0 unspecified atom stereocenters. The SMILES string of the molecule is C[C@@H]1CCCCN1c1nnc2ccccn12. The van der Waals surface area contributed by atoms with E-state index in [1.54, 1.807) is 0 Å². The van der Waals surface area contributed by atoms with Crippen molar-refractivity contribution in [2.75, 3.05) is 11.4 Å². The second-order valence-corrected chi connectivity index (χ2v) is 4.47. The Kier molecular flexibility index (Phi) is 2.27. The average molecular weight is 216 g/mol. The van der Waals surface area contributed by atoms with Crippen LogP contribution in [-0.2, 0) is 0 Å². The zero-order valence-electron chi connectivity index (χ0n) is 9.50. The van der Waals surface area contributed by atoms with Gasteiger partial charge in [0.25, 0.3) is 0 Å². The van der Waals surface area contributed by atoms with E-state index >= 15 is 0 Å². The first-order valence-electron chi connectivity index (χ1n) is 5.92. The number of rotatable bonds is 1. The minimum absolute atomic E-state index is 0.571. The fourth-order valence-electron chi connectivity index (χ4n) is 2.42. The van der Waals surface area contributed by atoms with Crippen molar-refractivity contribution in [1.29, 1.82) is 0 Å². The molecule has 16 heavy (non-hydrogen) atoms. The van der Waals surface area contributed by atoms with Gasteiger partial charge in [-0.3, -0.25) is 4.40 Å². The standard InChI is InChI=1S/C12H16N4/c1-10-6-2-4-8-15(10)12-14-13-11-7-3-5-9-16(11)12/h3,5,7,9-10H,2,4,6,8H2,1H3/t10-/m1/s1. The number of nitrogens with zero attached hydrogens (tertiary/aromatic N) is 4. The van der Waals surface area contributed by atoms with Crippen LogP contribution in [0.3, 0.4) is 0 Å². The summed E-state index contributed by atoms with van der Waals surface area (Å²) in [5, 5.41) is 8.51. The molecule has 4 heteroatoms. The second kappa shape index (κ2) is 3.77. The maximum atomic E-state index is 4.31. The van der Waals surface area contributed by atoms with Crippen LogP contribution in [0.1, 0.15) is 26.2 Å². The van der Waals surface area contributed by atoms with Gasteiger partial charge >= 0.3 is 0 Å². The topological polar surface area (TPSA) is 33.4 Å². The van der Waals surface area contributed by atoms with Gasteiger partial charge in [0.2, 0.25) is 5.95 Å². The Morgan fingerprint density at radius 3 is 3.06 bits per heavy atom. The number of aromatic nitrogens is 3. The van der Waals surface area contributed by atoms with Crippen LogP contribution in [0.25, 0.3) is 5.65 Å². The maximum Gasteiger partial charge on any atom is 0.231 e. The molecule has 84 valence electrons. The van der Waals surface area contributed by atoms with E-state index in [-0.39, 0.29) is 0 Å². The molecular formula is C12H16N4. The summed E-state index contributed by atoms with van der Waals surface area (Å²) < 4.78 is 2.07. The summed E-state index contributed by atoms with van der Waals surface area (Å²) in [5.41, 5.74) is 0.926. The monoisotopic (exact) mass is 216 g/mol. The lowest BCUT2D eigenvalue weighted by atomic mass is 10.0. The molecular weight excluding hydrogens is 200 g/mol. The van der Waals surface area contributed by atoms with Gasteiger partial charge in [0, 0.05) is 18.8 Å². The van der Waals surface area contributed by atoms with Crippen molar-refractivity contribution in [2.24, 2.45) is 0 Å². The Morgan fingerprint density at radius 1 is 1.25 bits per heavy atom. The summed E-state index contributed by atoms with van der Waals surface area (Å²) in [5.74, 6) is 0.989. The van der Waals surface area contributed by atoms with Crippen LogP contribution in [0.4, 0.5) is 5.95 Å². The minimum Gasteiger partial charge on any atom is -0.338 e. The molecule has 3 heterocycles. The first-order chi connectivity index (χ1) is 7.86. The van der Waals surface area contributed by atoms with Crippen molar-refractivity contribution in [3.63, 3.8) is 0 Å². The van der Waals surface area contributed by atoms with Crippen LogP contribution in [0.2, 0.25) is 0 Å². The number of pyridine rings is 1. The summed E-state index contributed by atoms with van der Waals surface area (Å²) in [7, 11) is 0. The molecule has 0 radical (unpaired) electrons. The van der Waals surface area contributed by atoms with Crippen molar-refractivity contribution in [3.05, 3.63) is 24.4 Å². The van der Waals surface area contributed by atoms with Crippen LogP contribution < -0.4 is 4.90 Å². The van der Waals surface area contributed by atoms with E-state index in [1.807, 2.05) is 24.4 Å². The maximum absolute atomic E-state index is 4.31. The van der Waals surface area contributed by atoms with Gasteiger partial charge in [-0.2, -0.15) is 0 Å². The molecule has 0 bridgehead atoms. The van der Waals surface area contributed by atoms with Crippen molar-refractivity contribution >= 4 is 11.6 Å². The smallest absolute Gasteiger partial charge is 0.231 e. The van der Waals surface area contributed by atoms with Gasteiger partial charge in [0.15, 0.2) is 5.65 Å². The van der Waals surface area contributed by atoms with Crippen LogP contribution in [0, 0.1) is 0 Å². The lowest BCUT2D eigenvalue weighted by Gasteiger charge is -2.33. The first-order valence-corrected chi connectivity index (χ1v) is 5.92. The predicted octanol–water partition coefficient (Wildman–Crippen LogP) is 2.11. The van der Waals surface area contributed by atoms with Gasteiger partial charge in [-0.1, -0.05) is 6.07 Å². The van der Waals surface area contributed by atoms with E-state index in [1.165, 1.54) is 19.3 Å².